The number of carboxylic acids is 1. The number of hydrogen-bond acceptors (Lipinski definition) is 2. The van der Waals surface area contributed by atoms with Crippen LogP contribution in [0.2, 0.25) is 0 Å². The fourth-order valence-electron chi connectivity index (χ4n) is 1.89. The van der Waals surface area contributed by atoms with E-state index in [1.807, 2.05) is 52.0 Å². The normalized spacial score (nSPS) is 12.8. The third-order valence-electron chi connectivity index (χ3n) is 2.88. The second kappa shape index (κ2) is 6.55. The van der Waals surface area contributed by atoms with Crippen LogP contribution in [0.3, 0.4) is 0 Å². The van der Waals surface area contributed by atoms with E-state index < -0.39 is 12.0 Å². The van der Waals surface area contributed by atoms with Gasteiger partial charge in [-0.05, 0) is 17.9 Å². The molecule has 0 aliphatic heterocycles. The van der Waals surface area contributed by atoms with Crippen LogP contribution < -0.4 is 5.32 Å². The molecular weight excluding hydrogens is 254 g/mol. The molecule has 0 aliphatic rings. The molecule has 0 radical (unpaired) electrons. The zero-order chi connectivity index (χ0) is 15.3. The smallest absolute Gasteiger partial charge is 0.326 e. The van der Waals surface area contributed by atoms with E-state index in [1.54, 1.807) is 0 Å². The van der Waals surface area contributed by atoms with Crippen molar-refractivity contribution in [3.63, 3.8) is 0 Å². The Kier molecular flexibility index (Phi) is 5.31. The maximum Gasteiger partial charge on any atom is 0.326 e. The van der Waals surface area contributed by atoms with Gasteiger partial charge in [-0.25, -0.2) is 4.79 Å². The minimum Gasteiger partial charge on any atom is -0.480 e. The highest BCUT2D eigenvalue weighted by Gasteiger charge is 2.23. The summed E-state index contributed by atoms with van der Waals surface area (Å²) in [6.45, 7) is 7.82. The molecule has 1 amide bonds. The fourth-order valence-corrected chi connectivity index (χ4v) is 1.89. The summed E-state index contributed by atoms with van der Waals surface area (Å²) in [5.41, 5.74) is 1.87. The first-order valence-corrected chi connectivity index (χ1v) is 6.75. The highest BCUT2D eigenvalue weighted by Crippen LogP contribution is 2.18. The Morgan fingerprint density at radius 2 is 1.75 bits per heavy atom. The van der Waals surface area contributed by atoms with Crippen LogP contribution in [-0.2, 0) is 16.0 Å². The van der Waals surface area contributed by atoms with Crippen molar-refractivity contribution in [2.24, 2.45) is 5.41 Å². The Bertz CT molecular complexity index is 471. The Morgan fingerprint density at radius 1 is 1.20 bits per heavy atom. The van der Waals surface area contributed by atoms with Gasteiger partial charge in [0.05, 0.1) is 0 Å². The Hall–Kier alpha value is -1.84. The molecule has 4 nitrogen and oxygen atoms in total. The number of carbonyl (C=O) groups is 2. The molecule has 1 rings (SSSR count). The van der Waals surface area contributed by atoms with Gasteiger partial charge < -0.3 is 10.4 Å². The lowest BCUT2D eigenvalue weighted by molar-refractivity contribution is -0.142. The topological polar surface area (TPSA) is 66.4 Å². The van der Waals surface area contributed by atoms with Crippen LogP contribution in [0.1, 0.15) is 38.3 Å². The lowest BCUT2D eigenvalue weighted by atomic mass is 9.91. The average molecular weight is 277 g/mol. The molecule has 1 atom stereocenters. The van der Waals surface area contributed by atoms with Crippen molar-refractivity contribution in [1.82, 2.24) is 5.32 Å². The number of carboxylic acid groups (broad SMARTS) is 1. The number of aryl methyl sites for hydroxylation is 1. The number of benzene rings is 1. The van der Waals surface area contributed by atoms with Crippen molar-refractivity contribution < 1.29 is 14.7 Å². The number of nitrogens with one attached hydrogen (secondary N) is 1. The highest BCUT2D eigenvalue weighted by molar-refractivity contribution is 5.84. The molecule has 1 aromatic rings. The first kappa shape index (κ1) is 16.2. The maximum atomic E-state index is 11.8. The van der Waals surface area contributed by atoms with Crippen molar-refractivity contribution in [3.8, 4) is 0 Å². The molecule has 4 heteroatoms. The van der Waals surface area contributed by atoms with Gasteiger partial charge in [-0.15, -0.1) is 0 Å². The molecule has 20 heavy (non-hydrogen) atoms. The van der Waals surface area contributed by atoms with E-state index in [0.29, 0.717) is 12.8 Å². The molecule has 0 fully saturated rings. The van der Waals surface area contributed by atoms with Gasteiger partial charge in [0, 0.05) is 12.8 Å². The van der Waals surface area contributed by atoms with E-state index in [2.05, 4.69) is 5.32 Å². The van der Waals surface area contributed by atoms with Gasteiger partial charge in [0.15, 0.2) is 0 Å². The SMILES string of the molecule is Cc1ccc(CC(NC(=O)CC(C)(C)C)C(=O)O)cc1. The van der Waals surface area contributed by atoms with E-state index in [0.717, 1.165) is 11.1 Å². The maximum absolute atomic E-state index is 11.8. The molecule has 0 aromatic heterocycles. The largest absolute Gasteiger partial charge is 0.480 e. The zero-order valence-electron chi connectivity index (χ0n) is 12.6. The Balaban J connectivity index is 2.68. The second-order valence-corrected chi connectivity index (χ2v) is 6.39. The second-order valence-electron chi connectivity index (χ2n) is 6.39. The van der Waals surface area contributed by atoms with Crippen LogP contribution in [0.25, 0.3) is 0 Å². The molecule has 0 aliphatic carbocycles. The summed E-state index contributed by atoms with van der Waals surface area (Å²) in [6, 6.07) is 6.77. The van der Waals surface area contributed by atoms with Crippen LogP contribution in [0.5, 0.6) is 0 Å². The van der Waals surface area contributed by atoms with Crippen molar-refractivity contribution >= 4 is 11.9 Å². The number of amides is 1. The predicted octanol–water partition coefficient (Wildman–Crippen LogP) is 2.54. The molecule has 1 aromatic carbocycles. The number of hydrogen-bond donors (Lipinski definition) is 2. The lowest BCUT2D eigenvalue weighted by Gasteiger charge is -2.20. The third-order valence-corrected chi connectivity index (χ3v) is 2.88. The highest BCUT2D eigenvalue weighted by atomic mass is 16.4. The molecular formula is C16H23NO3. The summed E-state index contributed by atoms with van der Waals surface area (Å²) < 4.78 is 0. The predicted molar refractivity (Wildman–Crippen MR) is 78.5 cm³/mol. The summed E-state index contributed by atoms with van der Waals surface area (Å²) in [6.07, 6.45) is 0.607. The van der Waals surface area contributed by atoms with Crippen LogP contribution in [0, 0.1) is 12.3 Å². The average Bonchev–Trinajstić information content (AvgIpc) is 2.28. The molecule has 0 bridgehead atoms. The van der Waals surface area contributed by atoms with Gasteiger partial charge in [-0.3, -0.25) is 4.79 Å². The fraction of sp³-hybridized carbons (Fsp3) is 0.500. The third kappa shape index (κ3) is 5.87. The van der Waals surface area contributed by atoms with Crippen molar-refractivity contribution in [1.29, 1.82) is 0 Å². The first-order chi connectivity index (χ1) is 9.17. The molecule has 0 saturated heterocycles. The zero-order valence-corrected chi connectivity index (χ0v) is 12.6. The summed E-state index contributed by atoms with van der Waals surface area (Å²) in [5.74, 6) is -1.23. The van der Waals surface area contributed by atoms with Crippen molar-refractivity contribution in [3.05, 3.63) is 35.4 Å². The molecule has 0 heterocycles. The van der Waals surface area contributed by atoms with E-state index in [1.165, 1.54) is 0 Å². The van der Waals surface area contributed by atoms with E-state index in [-0.39, 0.29) is 11.3 Å². The van der Waals surface area contributed by atoms with Gasteiger partial charge in [0.2, 0.25) is 5.91 Å². The molecule has 2 N–H and O–H groups in total. The number of rotatable bonds is 5. The summed E-state index contributed by atoms with van der Waals surface area (Å²) in [7, 11) is 0. The van der Waals surface area contributed by atoms with E-state index in [9.17, 15) is 14.7 Å². The van der Waals surface area contributed by atoms with E-state index >= 15 is 0 Å². The molecule has 0 spiro atoms. The Labute approximate surface area is 120 Å². The minimum atomic E-state index is -1.01. The molecule has 110 valence electrons. The number of carbonyl (C=O) groups excluding carboxylic acids is 1. The number of aliphatic carboxylic acids is 1. The van der Waals surface area contributed by atoms with Gasteiger partial charge in [0.1, 0.15) is 6.04 Å². The first-order valence-electron chi connectivity index (χ1n) is 6.75. The van der Waals surface area contributed by atoms with Crippen molar-refractivity contribution in [2.75, 3.05) is 0 Å². The van der Waals surface area contributed by atoms with Gasteiger partial charge in [-0.1, -0.05) is 50.6 Å². The van der Waals surface area contributed by atoms with Gasteiger partial charge >= 0.3 is 5.97 Å². The standard InChI is InChI=1S/C16H23NO3/c1-11-5-7-12(8-6-11)9-13(15(19)20)17-14(18)10-16(2,3)4/h5-8,13H,9-10H2,1-4H3,(H,17,18)(H,19,20). The summed E-state index contributed by atoms with van der Waals surface area (Å²) in [4.78, 5) is 23.1. The van der Waals surface area contributed by atoms with Crippen LogP contribution in [-0.4, -0.2) is 23.0 Å². The van der Waals surface area contributed by atoms with Gasteiger partial charge in [-0.2, -0.15) is 0 Å². The summed E-state index contributed by atoms with van der Waals surface area (Å²) in [5, 5.41) is 11.8. The van der Waals surface area contributed by atoms with Gasteiger partial charge in [0.25, 0.3) is 0 Å². The lowest BCUT2D eigenvalue weighted by Crippen LogP contribution is -2.43. The molecule has 0 saturated carbocycles. The van der Waals surface area contributed by atoms with Crippen molar-refractivity contribution in [2.45, 2.75) is 46.6 Å². The van der Waals surface area contributed by atoms with Crippen LogP contribution in [0.4, 0.5) is 0 Å². The Morgan fingerprint density at radius 3 is 2.20 bits per heavy atom. The minimum absolute atomic E-state index is 0.156. The van der Waals surface area contributed by atoms with E-state index in [4.69, 9.17) is 0 Å². The van der Waals surface area contributed by atoms with Crippen LogP contribution in [0.15, 0.2) is 24.3 Å². The van der Waals surface area contributed by atoms with Crippen LogP contribution >= 0.6 is 0 Å². The monoisotopic (exact) mass is 277 g/mol. The molecule has 1 unspecified atom stereocenters. The summed E-state index contributed by atoms with van der Waals surface area (Å²) >= 11 is 0. The quantitative estimate of drug-likeness (QED) is 0.869.